The predicted molar refractivity (Wildman–Crippen MR) is 88.1 cm³/mol. The molecule has 0 radical (unpaired) electrons. The predicted octanol–water partition coefficient (Wildman–Crippen LogP) is 3.54. The Morgan fingerprint density at radius 2 is 1.80 bits per heavy atom. The molecule has 0 aliphatic carbocycles. The first-order chi connectivity index (χ1) is 11.8. The molecule has 1 N–H and O–H groups in total. The van der Waals surface area contributed by atoms with E-state index in [1.54, 1.807) is 0 Å². The van der Waals surface area contributed by atoms with Crippen molar-refractivity contribution in [2.24, 2.45) is 0 Å². The van der Waals surface area contributed by atoms with Crippen LogP contribution in [0.5, 0.6) is 0 Å². The number of anilines is 1. The largest absolute Gasteiger partial charge is 0.350 e. The van der Waals surface area contributed by atoms with E-state index in [4.69, 9.17) is 11.6 Å². The Morgan fingerprint density at radius 3 is 2.40 bits per heavy atom. The number of amides is 2. The van der Waals surface area contributed by atoms with Gasteiger partial charge in [0.1, 0.15) is 5.82 Å². The van der Waals surface area contributed by atoms with Crippen LogP contribution >= 0.6 is 11.6 Å². The average Bonchev–Trinajstić information content (AvgIpc) is 2.54. The van der Waals surface area contributed by atoms with Gasteiger partial charge in [-0.1, -0.05) is 17.7 Å². The molecule has 0 aromatic heterocycles. The number of nitrogens with one attached hydrogen (secondary N) is 1. The van der Waals surface area contributed by atoms with Crippen LogP contribution in [0.15, 0.2) is 36.4 Å². The molecule has 0 heterocycles. The number of hydrogen-bond acceptors (Lipinski definition) is 2. The van der Waals surface area contributed by atoms with Crippen LogP contribution in [0.25, 0.3) is 0 Å². The molecule has 0 spiro atoms. The summed E-state index contributed by atoms with van der Waals surface area (Å²) < 4.78 is 40.0. The molecule has 0 aliphatic heterocycles. The van der Waals surface area contributed by atoms with Crippen molar-refractivity contribution in [3.05, 3.63) is 64.4 Å². The molecular weight excluding hydrogens is 357 g/mol. The van der Waals surface area contributed by atoms with E-state index in [-0.39, 0.29) is 29.4 Å². The van der Waals surface area contributed by atoms with Crippen molar-refractivity contribution in [1.29, 1.82) is 0 Å². The van der Waals surface area contributed by atoms with Crippen LogP contribution in [-0.2, 0) is 4.79 Å². The van der Waals surface area contributed by atoms with Crippen molar-refractivity contribution in [3.8, 4) is 0 Å². The molecular formula is C17H14ClF3N2O2. The third-order valence-electron chi connectivity index (χ3n) is 3.41. The minimum Gasteiger partial charge on any atom is -0.350 e. The SMILES string of the molecule is CC(=O)N(CCNC(=O)c1c(F)cccc1Cl)c1ccc(F)c(F)c1. The number of nitrogens with zero attached hydrogens (tertiary/aromatic N) is 1. The smallest absolute Gasteiger partial charge is 0.255 e. The Kier molecular flexibility index (Phi) is 6.03. The second-order valence-electron chi connectivity index (χ2n) is 5.12. The van der Waals surface area contributed by atoms with Crippen LogP contribution in [0.1, 0.15) is 17.3 Å². The van der Waals surface area contributed by atoms with E-state index in [1.807, 2.05) is 0 Å². The highest BCUT2D eigenvalue weighted by Gasteiger charge is 2.17. The molecule has 4 nitrogen and oxygen atoms in total. The van der Waals surface area contributed by atoms with Crippen LogP contribution in [0.3, 0.4) is 0 Å². The van der Waals surface area contributed by atoms with Crippen molar-refractivity contribution in [3.63, 3.8) is 0 Å². The molecule has 2 rings (SSSR count). The highest BCUT2D eigenvalue weighted by Crippen LogP contribution is 2.19. The molecule has 2 aromatic carbocycles. The van der Waals surface area contributed by atoms with E-state index in [1.165, 1.54) is 25.1 Å². The van der Waals surface area contributed by atoms with Crippen LogP contribution in [0, 0.1) is 17.5 Å². The fraction of sp³-hybridized carbons (Fsp3) is 0.176. The fourth-order valence-electron chi connectivity index (χ4n) is 2.21. The van der Waals surface area contributed by atoms with Gasteiger partial charge in [-0.3, -0.25) is 9.59 Å². The van der Waals surface area contributed by atoms with E-state index in [9.17, 15) is 22.8 Å². The summed E-state index contributed by atoms with van der Waals surface area (Å²) in [4.78, 5) is 24.9. The van der Waals surface area contributed by atoms with Crippen LogP contribution in [0.4, 0.5) is 18.9 Å². The summed E-state index contributed by atoms with van der Waals surface area (Å²) in [5.74, 6) is -4.06. The molecule has 132 valence electrons. The number of rotatable bonds is 5. The Balaban J connectivity index is 2.06. The number of benzene rings is 2. The van der Waals surface area contributed by atoms with Crippen molar-refractivity contribution in [2.45, 2.75) is 6.92 Å². The Labute approximate surface area is 147 Å². The highest BCUT2D eigenvalue weighted by molar-refractivity contribution is 6.33. The normalized spacial score (nSPS) is 10.4. The quantitative estimate of drug-likeness (QED) is 0.875. The molecule has 0 fully saturated rings. The van der Waals surface area contributed by atoms with Crippen molar-refractivity contribution >= 4 is 29.1 Å². The van der Waals surface area contributed by atoms with Gasteiger partial charge in [-0.05, 0) is 24.3 Å². The third-order valence-corrected chi connectivity index (χ3v) is 3.72. The zero-order valence-electron chi connectivity index (χ0n) is 13.2. The molecule has 0 saturated heterocycles. The van der Waals surface area contributed by atoms with Crippen molar-refractivity contribution in [1.82, 2.24) is 5.32 Å². The van der Waals surface area contributed by atoms with Gasteiger partial charge in [-0.2, -0.15) is 0 Å². The number of carbonyl (C=O) groups is 2. The summed E-state index contributed by atoms with van der Waals surface area (Å²) in [6, 6.07) is 6.88. The summed E-state index contributed by atoms with van der Waals surface area (Å²) >= 11 is 5.80. The number of hydrogen-bond donors (Lipinski definition) is 1. The summed E-state index contributed by atoms with van der Waals surface area (Å²) in [6.07, 6.45) is 0. The summed E-state index contributed by atoms with van der Waals surface area (Å²) in [5.41, 5.74) is -0.157. The van der Waals surface area contributed by atoms with Crippen molar-refractivity contribution < 1.29 is 22.8 Å². The van der Waals surface area contributed by atoms with Gasteiger partial charge in [0, 0.05) is 31.8 Å². The van der Waals surface area contributed by atoms with E-state index in [2.05, 4.69) is 5.32 Å². The topological polar surface area (TPSA) is 49.4 Å². The van der Waals surface area contributed by atoms with Gasteiger partial charge < -0.3 is 10.2 Å². The second-order valence-corrected chi connectivity index (χ2v) is 5.53. The van der Waals surface area contributed by atoms with Gasteiger partial charge in [0.2, 0.25) is 5.91 Å². The number of halogens is 4. The zero-order valence-corrected chi connectivity index (χ0v) is 13.9. The lowest BCUT2D eigenvalue weighted by molar-refractivity contribution is -0.116. The Bertz CT molecular complexity index is 794. The van der Waals surface area contributed by atoms with E-state index in [0.29, 0.717) is 0 Å². The number of carbonyl (C=O) groups excluding carboxylic acids is 2. The second kappa shape index (κ2) is 8.02. The van der Waals surface area contributed by atoms with Gasteiger partial charge in [-0.15, -0.1) is 0 Å². The maximum absolute atomic E-state index is 13.7. The molecule has 0 unspecified atom stereocenters. The standard InChI is InChI=1S/C17H14ClF3N2O2/c1-10(24)23(11-5-6-13(19)15(21)9-11)8-7-22-17(25)16-12(18)3-2-4-14(16)20/h2-6,9H,7-8H2,1H3,(H,22,25). The first kappa shape index (κ1) is 18.8. The van der Waals surface area contributed by atoms with Gasteiger partial charge >= 0.3 is 0 Å². The lowest BCUT2D eigenvalue weighted by Crippen LogP contribution is -2.38. The first-order valence-electron chi connectivity index (χ1n) is 7.26. The summed E-state index contributed by atoms with van der Waals surface area (Å²) in [7, 11) is 0. The lowest BCUT2D eigenvalue weighted by Gasteiger charge is -2.21. The minimum absolute atomic E-state index is 0.0157. The van der Waals surface area contributed by atoms with E-state index in [0.717, 1.165) is 23.1 Å². The lowest BCUT2D eigenvalue weighted by atomic mass is 10.2. The van der Waals surface area contributed by atoms with Gasteiger partial charge in [-0.25, -0.2) is 13.2 Å². The van der Waals surface area contributed by atoms with E-state index < -0.39 is 29.3 Å². The molecule has 2 aromatic rings. The van der Waals surface area contributed by atoms with Gasteiger partial charge in [0.05, 0.1) is 10.6 Å². The molecule has 25 heavy (non-hydrogen) atoms. The zero-order chi connectivity index (χ0) is 18.6. The third kappa shape index (κ3) is 4.51. The van der Waals surface area contributed by atoms with Crippen molar-refractivity contribution in [2.75, 3.05) is 18.0 Å². The molecule has 0 atom stereocenters. The van der Waals surface area contributed by atoms with Gasteiger partial charge in [0.25, 0.3) is 5.91 Å². The van der Waals surface area contributed by atoms with Crippen LogP contribution in [0.2, 0.25) is 5.02 Å². The summed E-state index contributed by atoms with van der Waals surface area (Å²) in [6.45, 7) is 1.19. The molecule has 8 heteroatoms. The molecule has 0 aliphatic rings. The molecule has 2 amide bonds. The Hall–Kier alpha value is -2.54. The van der Waals surface area contributed by atoms with Crippen LogP contribution in [-0.4, -0.2) is 24.9 Å². The highest BCUT2D eigenvalue weighted by atomic mass is 35.5. The average molecular weight is 371 g/mol. The summed E-state index contributed by atoms with van der Waals surface area (Å²) in [5, 5.41) is 2.40. The minimum atomic E-state index is -1.09. The Morgan fingerprint density at radius 1 is 1.08 bits per heavy atom. The maximum atomic E-state index is 13.7. The monoisotopic (exact) mass is 370 g/mol. The maximum Gasteiger partial charge on any atom is 0.255 e. The van der Waals surface area contributed by atoms with E-state index >= 15 is 0 Å². The van der Waals surface area contributed by atoms with Crippen LogP contribution < -0.4 is 10.2 Å². The van der Waals surface area contributed by atoms with Gasteiger partial charge in [0.15, 0.2) is 11.6 Å². The first-order valence-corrected chi connectivity index (χ1v) is 7.64. The molecule has 0 saturated carbocycles. The fourth-order valence-corrected chi connectivity index (χ4v) is 2.45. The molecule has 0 bridgehead atoms.